The molecule has 0 spiro atoms. The van der Waals surface area contributed by atoms with E-state index in [9.17, 15) is 14.4 Å². The van der Waals surface area contributed by atoms with Gasteiger partial charge in [0.05, 0.1) is 0 Å². The lowest BCUT2D eigenvalue weighted by molar-refractivity contribution is -0.166. The topological polar surface area (TPSA) is 78.9 Å². The van der Waals surface area contributed by atoms with Gasteiger partial charge in [0.1, 0.15) is 13.2 Å². The lowest BCUT2D eigenvalue weighted by atomic mass is 10.0. The summed E-state index contributed by atoms with van der Waals surface area (Å²) in [6, 6.07) is 0. The molecular formula is C72H128O6. The van der Waals surface area contributed by atoms with Crippen molar-refractivity contribution in [2.24, 2.45) is 0 Å². The van der Waals surface area contributed by atoms with Gasteiger partial charge in [-0.25, -0.2) is 0 Å². The predicted molar refractivity (Wildman–Crippen MR) is 339 cm³/mol. The minimum absolute atomic E-state index is 0.0926. The molecule has 0 aromatic heterocycles. The minimum atomic E-state index is -0.801. The first kappa shape index (κ1) is 74.8. The lowest BCUT2D eigenvalue weighted by Gasteiger charge is -2.18. The van der Waals surface area contributed by atoms with Gasteiger partial charge >= 0.3 is 17.9 Å². The smallest absolute Gasteiger partial charge is 0.306 e. The fourth-order valence-corrected chi connectivity index (χ4v) is 9.90. The Hall–Kier alpha value is -3.15. The summed E-state index contributed by atoms with van der Waals surface area (Å²) in [7, 11) is 0. The standard InChI is InChI=1S/C72H128O6/c1-4-7-10-13-16-19-22-25-27-28-29-30-31-32-33-34-35-36-37-38-39-40-41-42-43-44-45-48-50-53-56-59-62-65-71(74)77-68-69(67-76-70(73)64-61-58-55-52-49-46-24-21-18-15-12-9-6-3)78-72(75)66-63-60-57-54-51-47-26-23-20-17-14-11-8-5-2/h9,12,18,21-22,25,28-29,46,49,55,58,69H,4-8,10-11,13-17,19-20,23-24,26-27,30-45,47-48,50-54,56-57,59-68H2,1-3H3/b12-9-,21-18-,25-22-,29-28-,49-46-,58-55-. The van der Waals surface area contributed by atoms with Crippen LogP contribution in [0.5, 0.6) is 0 Å². The van der Waals surface area contributed by atoms with Gasteiger partial charge in [-0.3, -0.25) is 14.4 Å². The van der Waals surface area contributed by atoms with E-state index in [4.69, 9.17) is 14.2 Å². The molecule has 0 radical (unpaired) electrons. The van der Waals surface area contributed by atoms with Gasteiger partial charge in [0.2, 0.25) is 0 Å². The maximum Gasteiger partial charge on any atom is 0.306 e. The Labute approximate surface area is 484 Å². The van der Waals surface area contributed by atoms with Crippen LogP contribution < -0.4 is 0 Å². The van der Waals surface area contributed by atoms with Crippen LogP contribution in [0.3, 0.4) is 0 Å². The molecule has 0 aliphatic carbocycles. The molecule has 452 valence electrons. The van der Waals surface area contributed by atoms with Gasteiger partial charge < -0.3 is 14.2 Å². The first-order chi connectivity index (χ1) is 38.5. The Morgan fingerprint density at radius 1 is 0.269 bits per heavy atom. The average molecular weight is 1090 g/mol. The minimum Gasteiger partial charge on any atom is -0.462 e. The molecule has 0 aromatic rings. The van der Waals surface area contributed by atoms with Crippen LogP contribution in [-0.2, 0) is 28.6 Å². The predicted octanol–water partition coefficient (Wildman–Crippen LogP) is 23.3. The van der Waals surface area contributed by atoms with Crippen molar-refractivity contribution in [2.75, 3.05) is 13.2 Å². The van der Waals surface area contributed by atoms with E-state index in [1.165, 1.54) is 231 Å². The molecule has 0 saturated heterocycles. The maximum absolute atomic E-state index is 12.9. The van der Waals surface area contributed by atoms with Crippen LogP contribution in [0, 0.1) is 0 Å². The van der Waals surface area contributed by atoms with E-state index in [0.717, 1.165) is 70.6 Å². The van der Waals surface area contributed by atoms with E-state index < -0.39 is 6.10 Å². The number of carbonyl (C=O) groups excluding carboxylic acids is 3. The summed E-state index contributed by atoms with van der Waals surface area (Å²) in [6.07, 6.45) is 86.8. The number of rotatable bonds is 62. The summed E-state index contributed by atoms with van der Waals surface area (Å²) in [4.78, 5) is 38.2. The maximum atomic E-state index is 12.9. The van der Waals surface area contributed by atoms with Crippen LogP contribution >= 0.6 is 0 Å². The first-order valence-electron chi connectivity index (χ1n) is 33.9. The zero-order valence-electron chi connectivity index (χ0n) is 51.9. The van der Waals surface area contributed by atoms with Crippen molar-refractivity contribution in [3.63, 3.8) is 0 Å². The third kappa shape index (κ3) is 63.7. The van der Waals surface area contributed by atoms with Crippen molar-refractivity contribution in [3.05, 3.63) is 72.9 Å². The number of allylic oxidation sites excluding steroid dienone is 12. The molecule has 6 nitrogen and oxygen atoms in total. The molecule has 6 heteroatoms. The second-order valence-electron chi connectivity index (χ2n) is 22.7. The largest absolute Gasteiger partial charge is 0.462 e. The Morgan fingerprint density at radius 3 is 0.859 bits per heavy atom. The molecule has 0 aliphatic heterocycles. The summed E-state index contributed by atoms with van der Waals surface area (Å²) in [6.45, 7) is 6.49. The fraction of sp³-hybridized carbons (Fsp3) is 0.792. The number of hydrogen-bond acceptors (Lipinski definition) is 6. The molecule has 0 saturated carbocycles. The number of unbranched alkanes of at least 4 members (excludes halogenated alkanes) is 39. The third-order valence-corrected chi connectivity index (χ3v) is 15.0. The van der Waals surface area contributed by atoms with Gasteiger partial charge in [0.15, 0.2) is 6.10 Å². The fourth-order valence-electron chi connectivity index (χ4n) is 9.90. The molecule has 0 fully saturated rings. The lowest BCUT2D eigenvalue weighted by Crippen LogP contribution is -2.30. The van der Waals surface area contributed by atoms with E-state index >= 15 is 0 Å². The van der Waals surface area contributed by atoms with Crippen LogP contribution in [0.4, 0.5) is 0 Å². The van der Waals surface area contributed by atoms with Gasteiger partial charge in [-0.15, -0.1) is 0 Å². The Balaban J connectivity index is 4.12. The summed E-state index contributed by atoms with van der Waals surface area (Å²) in [5.41, 5.74) is 0. The van der Waals surface area contributed by atoms with E-state index in [2.05, 4.69) is 87.6 Å². The molecule has 0 aliphatic rings. The highest BCUT2D eigenvalue weighted by Gasteiger charge is 2.19. The molecule has 0 aromatic carbocycles. The van der Waals surface area contributed by atoms with Gasteiger partial charge in [0.25, 0.3) is 0 Å². The van der Waals surface area contributed by atoms with Crippen molar-refractivity contribution >= 4 is 17.9 Å². The summed E-state index contributed by atoms with van der Waals surface area (Å²) < 4.78 is 16.8. The normalized spacial score (nSPS) is 12.5. The van der Waals surface area contributed by atoms with Crippen LogP contribution in [0.1, 0.15) is 348 Å². The Kier molecular flexibility index (Phi) is 63.7. The zero-order chi connectivity index (χ0) is 56.4. The van der Waals surface area contributed by atoms with Gasteiger partial charge in [-0.05, 0) is 77.0 Å². The van der Waals surface area contributed by atoms with Crippen molar-refractivity contribution in [3.8, 4) is 0 Å². The average Bonchev–Trinajstić information content (AvgIpc) is 3.44. The van der Waals surface area contributed by atoms with E-state index in [1.807, 2.05) is 6.08 Å². The molecule has 0 N–H and O–H groups in total. The van der Waals surface area contributed by atoms with Gasteiger partial charge in [-0.1, -0.05) is 325 Å². The molecule has 0 amide bonds. The van der Waals surface area contributed by atoms with Crippen molar-refractivity contribution < 1.29 is 28.6 Å². The molecule has 0 rings (SSSR count). The van der Waals surface area contributed by atoms with E-state index in [-0.39, 0.29) is 37.5 Å². The van der Waals surface area contributed by atoms with Crippen LogP contribution in [-0.4, -0.2) is 37.2 Å². The molecule has 78 heavy (non-hydrogen) atoms. The number of ether oxygens (including phenoxy) is 3. The van der Waals surface area contributed by atoms with Gasteiger partial charge in [0, 0.05) is 19.3 Å². The number of carbonyl (C=O) groups is 3. The third-order valence-electron chi connectivity index (χ3n) is 15.0. The highest BCUT2D eigenvalue weighted by Crippen LogP contribution is 2.18. The summed E-state index contributed by atoms with van der Waals surface area (Å²) in [5.74, 6) is -0.960. The SMILES string of the molecule is CC/C=C\C/C=C\C/C=C\C/C=C\CCC(=O)OCC(COC(=O)CCCCCCCCCCCCCCCCCCCCCCC/C=C\C/C=C\CCCCCCC)OC(=O)CCCCCCCCCCCCCCCC. The highest BCUT2D eigenvalue weighted by molar-refractivity contribution is 5.71. The summed E-state index contributed by atoms with van der Waals surface area (Å²) in [5, 5.41) is 0. The van der Waals surface area contributed by atoms with Crippen molar-refractivity contribution in [1.82, 2.24) is 0 Å². The molecular weight excluding hydrogens is 961 g/mol. The first-order valence-corrected chi connectivity index (χ1v) is 33.9. The van der Waals surface area contributed by atoms with Crippen molar-refractivity contribution in [2.45, 2.75) is 354 Å². The van der Waals surface area contributed by atoms with Crippen LogP contribution in [0.25, 0.3) is 0 Å². The second-order valence-corrected chi connectivity index (χ2v) is 22.7. The van der Waals surface area contributed by atoms with Crippen LogP contribution in [0.15, 0.2) is 72.9 Å². The molecule has 1 unspecified atom stereocenters. The molecule has 0 heterocycles. The number of hydrogen-bond donors (Lipinski definition) is 0. The van der Waals surface area contributed by atoms with Crippen molar-refractivity contribution in [1.29, 1.82) is 0 Å². The Morgan fingerprint density at radius 2 is 0.526 bits per heavy atom. The highest BCUT2D eigenvalue weighted by atomic mass is 16.6. The second kappa shape index (κ2) is 66.4. The number of esters is 3. The quantitative estimate of drug-likeness (QED) is 0.0261. The summed E-state index contributed by atoms with van der Waals surface area (Å²) >= 11 is 0. The molecule has 1 atom stereocenters. The monoisotopic (exact) mass is 1090 g/mol. The van der Waals surface area contributed by atoms with E-state index in [0.29, 0.717) is 19.3 Å². The zero-order valence-corrected chi connectivity index (χ0v) is 51.9. The van der Waals surface area contributed by atoms with Crippen LogP contribution in [0.2, 0.25) is 0 Å². The van der Waals surface area contributed by atoms with E-state index in [1.54, 1.807) is 0 Å². The molecule has 0 bridgehead atoms. The Bertz CT molecular complexity index is 1440. The van der Waals surface area contributed by atoms with Gasteiger partial charge in [-0.2, -0.15) is 0 Å².